The van der Waals surface area contributed by atoms with Gasteiger partial charge in [0.15, 0.2) is 0 Å². The van der Waals surface area contributed by atoms with Crippen LogP contribution in [0, 0.1) is 17.8 Å². The van der Waals surface area contributed by atoms with Gasteiger partial charge in [-0.25, -0.2) is 0 Å². The highest BCUT2D eigenvalue weighted by molar-refractivity contribution is 7.86. The second-order valence-electron chi connectivity index (χ2n) is 9.46. The fraction of sp³-hybridized carbons (Fsp3) is 0.636. The summed E-state index contributed by atoms with van der Waals surface area (Å²) in [6.07, 6.45) is 1.55. The topological polar surface area (TPSA) is 54.4 Å². The predicted molar refractivity (Wildman–Crippen MR) is 120 cm³/mol. The molecular formula is C22H38O3SSi. The van der Waals surface area contributed by atoms with E-state index in [0.29, 0.717) is 23.3 Å². The standard InChI is InChI=1S/C22H38O3SSi/c1-10-18-11-12-19(22(8,9)17(6)7)21(20(18)26(23,24)25)27(13-15(2)3)14-16(4)5/h10-12,15-17,27H,1,13-14H2,2-9H3,(H,23,24,25). The molecular weight excluding hydrogens is 372 g/mol. The summed E-state index contributed by atoms with van der Waals surface area (Å²) in [6, 6.07) is 5.90. The van der Waals surface area contributed by atoms with Crippen molar-refractivity contribution in [1.29, 1.82) is 0 Å². The van der Waals surface area contributed by atoms with Gasteiger partial charge in [-0.05, 0) is 39.5 Å². The molecule has 1 aromatic carbocycles. The molecule has 1 N–H and O–H groups in total. The van der Waals surface area contributed by atoms with Gasteiger partial charge >= 0.3 is 0 Å². The summed E-state index contributed by atoms with van der Waals surface area (Å²) in [5.74, 6) is 1.31. The van der Waals surface area contributed by atoms with Crippen LogP contribution in [0.2, 0.25) is 12.1 Å². The van der Waals surface area contributed by atoms with Crippen molar-refractivity contribution < 1.29 is 13.0 Å². The second kappa shape index (κ2) is 9.06. The Morgan fingerprint density at radius 3 is 1.89 bits per heavy atom. The van der Waals surface area contributed by atoms with Crippen LogP contribution < -0.4 is 5.19 Å². The van der Waals surface area contributed by atoms with Gasteiger partial charge in [0.1, 0.15) is 4.90 Å². The van der Waals surface area contributed by atoms with Crippen molar-refractivity contribution in [3.8, 4) is 0 Å². The smallest absolute Gasteiger partial charge is 0.282 e. The SMILES string of the molecule is C=Cc1ccc(C(C)(C)C(C)C)c([SiH](CC(C)C)CC(C)C)c1S(=O)(=O)O. The van der Waals surface area contributed by atoms with Crippen molar-refractivity contribution >= 4 is 30.2 Å². The first-order valence-corrected chi connectivity index (χ1v) is 13.7. The Balaban J connectivity index is 4.00. The summed E-state index contributed by atoms with van der Waals surface area (Å²) in [6.45, 7) is 21.2. The van der Waals surface area contributed by atoms with Crippen LogP contribution in [0.15, 0.2) is 23.6 Å². The van der Waals surface area contributed by atoms with Crippen molar-refractivity contribution in [2.45, 2.75) is 77.8 Å². The van der Waals surface area contributed by atoms with Crippen LogP contribution >= 0.6 is 0 Å². The summed E-state index contributed by atoms with van der Waals surface area (Å²) < 4.78 is 35.2. The van der Waals surface area contributed by atoms with Gasteiger partial charge in [0.2, 0.25) is 0 Å². The average molecular weight is 411 g/mol. The highest BCUT2D eigenvalue weighted by Crippen LogP contribution is 2.34. The molecule has 0 radical (unpaired) electrons. The van der Waals surface area contributed by atoms with Crippen LogP contribution in [0.1, 0.15) is 66.5 Å². The van der Waals surface area contributed by atoms with E-state index < -0.39 is 18.9 Å². The minimum Gasteiger partial charge on any atom is -0.282 e. The lowest BCUT2D eigenvalue weighted by Gasteiger charge is -2.36. The fourth-order valence-electron chi connectivity index (χ4n) is 3.81. The highest BCUT2D eigenvalue weighted by Gasteiger charge is 2.35. The van der Waals surface area contributed by atoms with E-state index in [-0.39, 0.29) is 10.3 Å². The first-order valence-electron chi connectivity index (χ1n) is 10.0. The molecule has 154 valence electrons. The molecule has 3 nitrogen and oxygen atoms in total. The number of benzene rings is 1. The molecule has 0 amide bonds. The maximum atomic E-state index is 12.5. The van der Waals surface area contributed by atoms with Crippen LogP contribution in [-0.4, -0.2) is 21.8 Å². The molecule has 0 fully saturated rings. The van der Waals surface area contributed by atoms with Gasteiger partial charge in [0.05, 0.1) is 8.80 Å². The Morgan fingerprint density at radius 1 is 1.07 bits per heavy atom. The Hall–Kier alpha value is -0.913. The van der Waals surface area contributed by atoms with E-state index in [0.717, 1.165) is 22.8 Å². The summed E-state index contributed by atoms with van der Waals surface area (Å²) in [7, 11) is -5.99. The van der Waals surface area contributed by atoms with Gasteiger partial charge in [-0.1, -0.05) is 92.3 Å². The van der Waals surface area contributed by atoms with Gasteiger partial charge < -0.3 is 0 Å². The molecule has 0 aliphatic rings. The maximum absolute atomic E-state index is 12.5. The minimum atomic E-state index is -4.34. The highest BCUT2D eigenvalue weighted by atomic mass is 32.2. The van der Waals surface area contributed by atoms with Gasteiger partial charge in [-0.2, -0.15) is 8.42 Å². The van der Waals surface area contributed by atoms with Crippen molar-refractivity contribution in [3.63, 3.8) is 0 Å². The van der Waals surface area contributed by atoms with E-state index in [1.54, 1.807) is 12.1 Å². The lowest BCUT2D eigenvalue weighted by molar-refractivity contribution is 0.373. The van der Waals surface area contributed by atoms with E-state index in [1.165, 1.54) is 0 Å². The summed E-state index contributed by atoms with van der Waals surface area (Å²) in [5.41, 5.74) is 1.41. The minimum absolute atomic E-state index is 0.113. The Morgan fingerprint density at radius 2 is 1.56 bits per heavy atom. The third kappa shape index (κ3) is 5.78. The molecule has 1 rings (SSSR count). The number of rotatable bonds is 9. The molecule has 0 aromatic heterocycles. The molecule has 0 spiro atoms. The van der Waals surface area contributed by atoms with Crippen LogP contribution in [0.25, 0.3) is 6.08 Å². The molecule has 0 aliphatic carbocycles. The summed E-state index contributed by atoms with van der Waals surface area (Å²) in [5, 5.41) is 0.927. The summed E-state index contributed by atoms with van der Waals surface area (Å²) in [4.78, 5) is 0.113. The predicted octanol–water partition coefficient (Wildman–Crippen LogP) is 5.26. The Kier molecular flexibility index (Phi) is 8.09. The molecule has 0 saturated carbocycles. The van der Waals surface area contributed by atoms with Crippen molar-refractivity contribution in [2.75, 3.05) is 0 Å². The van der Waals surface area contributed by atoms with Crippen LogP contribution in [0.4, 0.5) is 0 Å². The van der Waals surface area contributed by atoms with E-state index in [9.17, 15) is 13.0 Å². The van der Waals surface area contributed by atoms with Crippen molar-refractivity contribution in [3.05, 3.63) is 29.8 Å². The zero-order chi connectivity index (χ0) is 21.2. The molecule has 0 atom stereocenters. The van der Waals surface area contributed by atoms with E-state index >= 15 is 0 Å². The molecule has 1 aromatic rings. The van der Waals surface area contributed by atoms with E-state index in [1.807, 2.05) is 0 Å². The third-order valence-electron chi connectivity index (χ3n) is 5.76. The molecule has 0 saturated heterocycles. The lowest BCUT2D eigenvalue weighted by Crippen LogP contribution is -2.44. The molecule has 5 heteroatoms. The maximum Gasteiger partial charge on any atom is 0.294 e. The van der Waals surface area contributed by atoms with Gasteiger partial charge in [0.25, 0.3) is 10.1 Å². The van der Waals surface area contributed by atoms with Crippen LogP contribution in [0.3, 0.4) is 0 Å². The number of hydrogen-bond donors (Lipinski definition) is 1. The van der Waals surface area contributed by atoms with E-state index in [4.69, 9.17) is 0 Å². The molecule has 0 unspecified atom stereocenters. The monoisotopic (exact) mass is 410 g/mol. The van der Waals surface area contributed by atoms with Crippen molar-refractivity contribution in [1.82, 2.24) is 0 Å². The average Bonchev–Trinajstić information content (AvgIpc) is 2.50. The quantitative estimate of drug-likeness (QED) is 0.446. The first kappa shape index (κ1) is 24.1. The molecule has 27 heavy (non-hydrogen) atoms. The van der Waals surface area contributed by atoms with Crippen LogP contribution in [0.5, 0.6) is 0 Å². The molecule has 0 heterocycles. The van der Waals surface area contributed by atoms with Crippen molar-refractivity contribution in [2.24, 2.45) is 17.8 Å². The zero-order valence-corrected chi connectivity index (χ0v) is 20.3. The fourth-order valence-corrected chi connectivity index (χ4v) is 9.98. The Bertz CT molecular complexity index is 752. The summed E-state index contributed by atoms with van der Waals surface area (Å²) >= 11 is 0. The van der Waals surface area contributed by atoms with E-state index in [2.05, 4.69) is 68.0 Å². The second-order valence-corrected chi connectivity index (χ2v) is 13.7. The number of hydrogen-bond acceptors (Lipinski definition) is 2. The van der Waals surface area contributed by atoms with Gasteiger partial charge in [0, 0.05) is 0 Å². The zero-order valence-electron chi connectivity index (χ0n) is 18.3. The van der Waals surface area contributed by atoms with Gasteiger partial charge in [-0.15, -0.1) is 0 Å². The molecule has 0 aliphatic heterocycles. The lowest BCUT2D eigenvalue weighted by atomic mass is 9.75. The van der Waals surface area contributed by atoms with Gasteiger partial charge in [-0.3, -0.25) is 4.55 Å². The first-order chi connectivity index (χ1) is 12.2. The largest absolute Gasteiger partial charge is 0.294 e. The third-order valence-corrected chi connectivity index (χ3v) is 11.4. The van der Waals surface area contributed by atoms with Crippen LogP contribution in [-0.2, 0) is 15.5 Å². The Labute approximate surface area is 168 Å². The molecule has 0 bridgehead atoms. The normalized spacial score (nSPS) is 13.2.